The van der Waals surface area contributed by atoms with Gasteiger partial charge in [0.05, 0.1) is 28.4 Å². The quantitative estimate of drug-likeness (QED) is 0.386. The first-order valence-corrected chi connectivity index (χ1v) is 8.63. The van der Waals surface area contributed by atoms with Crippen LogP contribution in [-0.2, 0) is 4.74 Å². The van der Waals surface area contributed by atoms with Crippen LogP contribution in [0.2, 0.25) is 0 Å². The number of epoxide rings is 1. The van der Waals surface area contributed by atoms with Gasteiger partial charge < -0.3 is 9.84 Å². The molecule has 1 heterocycles. The van der Waals surface area contributed by atoms with Crippen molar-refractivity contribution in [1.82, 2.24) is 0 Å². The van der Waals surface area contributed by atoms with E-state index in [1.807, 2.05) is 0 Å². The number of ether oxygens (including phenoxy) is 1. The molecule has 0 radical (unpaired) electrons. The molecular formula is C12H8Cl6O2. The number of hydrogen-bond acceptors (Lipinski definition) is 2. The maximum Gasteiger partial charge on any atom is 0.166 e. The molecule has 9 atom stereocenters. The average Bonchev–Trinajstić information content (AvgIpc) is 3.01. The number of aliphatic hydroxyl groups is 1. The second kappa shape index (κ2) is 3.42. The van der Waals surface area contributed by atoms with Crippen molar-refractivity contribution < 1.29 is 9.84 Å². The Bertz CT molecular complexity index is 546. The largest absolute Gasteiger partial charge is 0.392 e. The van der Waals surface area contributed by atoms with E-state index in [-0.39, 0.29) is 45.9 Å². The Labute approximate surface area is 145 Å². The minimum absolute atomic E-state index is 0.0128. The first-order chi connectivity index (χ1) is 9.20. The monoisotopic (exact) mass is 394 g/mol. The van der Waals surface area contributed by atoms with E-state index in [9.17, 15) is 5.11 Å². The second-order valence-corrected chi connectivity index (χ2v) is 9.66. The van der Waals surface area contributed by atoms with E-state index in [4.69, 9.17) is 74.3 Å². The van der Waals surface area contributed by atoms with Gasteiger partial charge in [-0.3, -0.25) is 0 Å². The maximum absolute atomic E-state index is 10.5. The van der Waals surface area contributed by atoms with Crippen LogP contribution in [0, 0.1) is 23.7 Å². The Kier molecular flexibility index (Phi) is 2.36. The zero-order chi connectivity index (χ0) is 14.4. The summed E-state index contributed by atoms with van der Waals surface area (Å²) < 4.78 is 4.13. The highest BCUT2D eigenvalue weighted by molar-refractivity contribution is 6.65. The molecule has 5 aliphatic rings. The van der Waals surface area contributed by atoms with Gasteiger partial charge in [-0.15, -0.1) is 23.2 Å². The molecule has 0 aromatic carbocycles. The van der Waals surface area contributed by atoms with E-state index >= 15 is 0 Å². The van der Waals surface area contributed by atoms with E-state index in [0.29, 0.717) is 0 Å². The summed E-state index contributed by atoms with van der Waals surface area (Å²) in [7, 11) is 0. The van der Waals surface area contributed by atoms with E-state index in [2.05, 4.69) is 0 Å². The normalized spacial score (nSPS) is 67.7. The zero-order valence-electron chi connectivity index (χ0n) is 9.66. The molecule has 1 aliphatic heterocycles. The number of hydrogen-bond donors (Lipinski definition) is 1. The van der Waals surface area contributed by atoms with E-state index in [0.717, 1.165) is 0 Å². The molecule has 4 fully saturated rings. The summed E-state index contributed by atoms with van der Waals surface area (Å²) >= 11 is 39.3. The standard InChI is InChI=1S/C12H8Cl6O2/c13-8-9(14)11(16)4-2-5(19)1(6-7(2)20-6)3(4)10(8,15)12(11,17)18/h1-7,19H/t1-,2-,3-,4+,5?,6+,7-,10+,11+/m1/s1. The van der Waals surface area contributed by atoms with Crippen LogP contribution in [0.3, 0.4) is 0 Å². The third-order valence-electron chi connectivity index (χ3n) is 5.99. The van der Waals surface area contributed by atoms with Gasteiger partial charge in [-0.1, -0.05) is 46.4 Å². The van der Waals surface area contributed by atoms with Gasteiger partial charge in [-0.05, 0) is 11.8 Å². The highest BCUT2D eigenvalue weighted by Gasteiger charge is 2.91. The van der Waals surface area contributed by atoms with Crippen molar-refractivity contribution in [2.75, 3.05) is 0 Å². The molecule has 0 amide bonds. The molecule has 1 N–H and O–H groups in total. The van der Waals surface area contributed by atoms with Gasteiger partial charge in [0.15, 0.2) is 4.33 Å². The molecule has 110 valence electrons. The molecular weight excluding hydrogens is 389 g/mol. The van der Waals surface area contributed by atoms with Gasteiger partial charge in [0.2, 0.25) is 0 Å². The topological polar surface area (TPSA) is 32.8 Å². The Hall–Kier alpha value is 1.40. The summed E-state index contributed by atoms with van der Waals surface area (Å²) in [6.07, 6.45) is -0.487. The van der Waals surface area contributed by atoms with Crippen LogP contribution in [0.15, 0.2) is 10.1 Å². The number of rotatable bonds is 0. The van der Waals surface area contributed by atoms with Crippen molar-refractivity contribution in [2.24, 2.45) is 23.7 Å². The fraction of sp³-hybridized carbons (Fsp3) is 0.833. The van der Waals surface area contributed by atoms with E-state index < -0.39 is 20.2 Å². The summed E-state index contributed by atoms with van der Waals surface area (Å²) in [5.74, 6) is -0.724. The third kappa shape index (κ3) is 0.991. The van der Waals surface area contributed by atoms with Crippen molar-refractivity contribution in [3.63, 3.8) is 0 Å². The molecule has 1 unspecified atom stereocenters. The van der Waals surface area contributed by atoms with Gasteiger partial charge in [-0.25, -0.2) is 0 Å². The minimum Gasteiger partial charge on any atom is -0.392 e. The van der Waals surface area contributed by atoms with Crippen LogP contribution in [0.5, 0.6) is 0 Å². The molecule has 20 heavy (non-hydrogen) atoms. The Balaban J connectivity index is 1.80. The molecule has 0 aromatic heterocycles. The SMILES string of the molecule is OC1[C@@H]2[C@@H]3O[C@@H]3[C@@H]1[C@H]1[C@@H]2[C@]2(Cl)C(Cl)=C(Cl)[C@]1(Cl)C2(Cl)Cl. The smallest absolute Gasteiger partial charge is 0.166 e. The number of aliphatic hydroxyl groups excluding tert-OH is 1. The summed E-state index contributed by atoms with van der Waals surface area (Å²) in [4.78, 5) is -2.53. The van der Waals surface area contributed by atoms with E-state index in [1.165, 1.54) is 0 Å². The summed E-state index contributed by atoms with van der Waals surface area (Å²) in [5, 5.41) is 10.9. The maximum atomic E-state index is 10.5. The van der Waals surface area contributed by atoms with Gasteiger partial charge in [0.25, 0.3) is 0 Å². The van der Waals surface area contributed by atoms with Crippen LogP contribution >= 0.6 is 69.6 Å². The highest BCUT2D eigenvalue weighted by Crippen LogP contribution is 2.84. The molecule has 0 aromatic rings. The first-order valence-electron chi connectivity index (χ1n) is 6.36. The lowest BCUT2D eigenvalue weighted by atomic mass is 9.73. The second-order valence-electron chi connectivity index (χ2n) is 6.39. The third-order valence-corrected chi connectivity index (χ3v) is 10.3. The minimum atomic E-state index is -1.50. The van der Waals surface area contributed by atoms with Crippen LogP contribution in [0.1, 0.15) is 0 Å². The number of alkyl halides is 4. The van der Waals surface area contributed by atoms with Gasteiger partial charge in [-0.2, -0.15) is 0 Å². The van der Waals surface area contributed by atoms with Crippen molar-refractivity contribution >= 4 is 69.6 Å². The number of fused-ring (bicyclic) bond motifs is 12. The predicted molar refractivity (Wildman–Crippen MR) is 79.0 cm³/mol. The Morgan fingerprint density at radius 1 is 0.850 bits per heavy atom. The number of allylic oxidation sites excluding steroid dienone is 2. The molecule has 4 aliphatic carbocycles. The molecule has 0 spiro atoms. The summed E-state index contributed by atoms with van der Waals surface area (Å²) in [6.45, 7) is 0. The zero-order valence-corrected chi connectivity index (χ0v) is 14.2. The molecule has 5 rings (SSSR count). The van der Waals surface area contributed by atoms with Gasteiger partial charge >= 0.3 is 0 Å². The molecule has 3 saturated carbocycles. The summed E-state index contributed by atoms with van der Waals surface area (Å²) in [5.41, 5.74) is 0. The molecule has 2 nitrogen and oxygen atoms in total. The molecule has 1 saturated heterocycles. The van der Waals surface area contributed by atoms with Crippen molar-refractivity contribution in [1.29, 1.82) is 0 Å². The molecule has 4 bridgehead atoms. The van der Waals surface area contributed by atoms with Crippen LogP contribution in [-0.4, -0.2) is 37.5 Å². The number of halogens is 6. The fourth-order valence-electron chi connectivity index (χ4n) is 5.31. The molecule has 8 heteroatoms. The fourth-order valence-corrected chi connectivity index (χ4v) is 8.41. The van der Waals surface area contributed by atoms with Crippen LogP contribution in [0.25, 0.3) is 0 Å². The Morgan fingerprint density at radius 2 is 1.25 bits per heavy atom. The lowest BCUT2D eigenvalue weighted by Gasteiger charge is -2.37. The van der Waals surface area contributed by atoms with Crippen molar-refractivity contribution in [3.05, 3.63) is 10.1 Å². The van der Waals surface area contributed by atoms with Crippen LogP contribution in [0.4, 0.5) is 0 Å². The summed E-state index contributed by atoms with van der Waals surface area (Å²) in [6, 6.07) is 0. The first kappa shape index (κ1) is 13.8. The highest BCUT2D eigenvalue weighted by atomic mass is 35.5. The lowest BCUT2D eigenvalue weighted by Crippen LogP contribution is -2.48. The lowest BCUT2D eigenvalue weighted by molar-refractivity contribution is 0.0503. The van der Waals surface area contributed by atoms with Gasteiger partial charge in [0, 0.05) is 11.8 Å². The van der Waals surface area contributed by atoms with Gasteiger partial charge in [0.1, 0.15) is 9.75 Å². The Morgan fingerprint density at radius 3 is 1.65 bits per heavy atom. The van der Waals surface area contributed by atoms with Crippen molar-refractivity contribution in [2.45, 2.75) is 32.4 Å². The van der Waals surface area contributed by atoms with E-state index in [1.54, 1.807) is 0 Å². The average molecular weight is 397 g/mol. The predicted octanol–water partition coefficient (Wildman–Crippen LogP) is 3.45. The van der Waals surface area contributed by atoms with Crippen molar-refractivity contribution in [3.8, 4) is 0 Å². The van der Waals surface area contributed by atoms with Crippen LogP contribution < -0.4 is 0 Å².